The monoisotopic (exact) mass is 257 g/mol. The minimum atomic E-state index is -0.493. The average Bonchev–Trinajstić information content (AvgIpc) is 2.35. The summed E-state index contributed by atoms with van der Waals surface area (Å²) >= 11 is 0. The molecule has 0 aromatic carbocycles. The Hall–Kier alpha value is -1.47. The van der Waals surface area contributed by atoms with Crippen molar-refractivity contribution in [2.75, 3.05) is 23.9 Å². The number of hydrogen-bond donors (Lipinski definition) is 3. The highest BCUT2D eigenvalue weighted by Crippen LogP contribution is 2.11. The van der Waals surface area contributed by atoms with Gasteiger partial charge in [-0.15, -0.1) is 0 Å². The Bertz CT molecular complexity index is 361. The van der Waals surface area contributed by atoms with Crippen molar-refractivity contribution in [3.8, 4) is 0 Å². The minimum absolute atomic E-state index is 0.155. The fourth-order valence-corrected chi connectivity index (χ4v) is 1.31. The van der Waals surface area contributed by atoms with E-state index in [0.717, 1.165) is 19.0 Å². The van der Waals surface area contributed by atoms with Crippen molar-refractivity contribution >= 4 is 11.8 Å². The molecule has 0 radical (unpaired) electrons. The molecule has 1 aromatic heterocycles. The van der Waals surface area contributed by atoms with Crippen LogP contribution in [0.25, 0.3) is 0 Å². The molecule has 0 spiro atoms. The van der Waals surface area contributed by atoms with E-state index in [2.05, 4.69) is 20.7 Å². The second-order valence-corrected chi connectivity index (χ2v) is 4.09. The predicted octanol–water partition coefficient (Wildman–Crippen LogP) is 1.52. The van der Waals surface area contributed by atoms with E-state index in [4.69, 9.17) is 10.6 Å². The first-order chi connectivity index (χ1) is 8.63. The van der Waals surface area contributed by atoms with E-state index >= 15 is 0 Å². The van der Waals surface area contributed by atoms with Crippen molar-refractivity contribution in [1.29, 1.82) is 0 Å². The number of hydrogen-bond acceptors (Lipinski definition) is 6. The van der Waals surface area contributed by atoms with Crippen molar-refractivity contribution in [2.45, 2.75) is 32.8 Å². The number of aromatic nitrogens is 2. The Kier molecular flexibility index (Phi) is 6.31. The van der Waals surface area contributed by atoms with E-state index in [1.165, 1.54) is 0 Å². The molecule has 0 amide bonds. The summed E-state index contributed by atoms with van der Waals surface area (Å²) in [5, 5.41) is 2.90. The highest BCUT2D eigenvalue weighted by atomic mass is 19.1. The van der Waals surface area contributed by atoms with Gasteiger partial charge in [0.05, 0.1) is 12.3 Å². The lowest BCUT2D eigenvalue weighted by Gasteiger charge is -2.09. The molecule has 4 N–H and O–H groups in total. The van der Waals surface area contributed by atoms with Crippen molar-refractivity contribution in [3.05, 3.63) is 12.0 Å². The quantitative estimate of drug-likeness (QED) is 0.372. The molecule has 0 aliphatic heterocycles. The highest BCUT2D eigenvalue weighted by Gasteiger charge is 2.05. The number of nitrogens with two attached hydrogens (primary N) is 1. The summed E-state index contributed by atoms with van der Waals surface area (Å²) < 4.78 is 18.7. The van der Waals surface area contributed by atoms with E-state index in [-0.39, 0.29) is 17.9 Å². The molecule has 0 fully saturated rings. The van der Waals surface area contributed by atoms with Crippen molar-refractivity contribution in [2.24, 2.45) is 5.84 Å². The van der Waals surface area contributed by atoms with Crippen LogP contribution in [0.3, 0.4) is 0 Å². The largest absolute Gasteiger partial charge is 0.379 e. The molecule has 0 bridgehead atoms. The first-order valence-electron chi connectivity index (χ1n) is 5.98. The SMILES string of the molecule is CC(C)OCCCCNc1nc(NN)ncc1F. The Morgan fingerprint density at radius 1 is 1.44 bits per heavy atom. The second-order valence-electron chi connectivity index (χ2n) is 4.09. The first kappa shape index (κ1) is 14.6. The Balaban J connectivity index is 2.26. The number of anilines is 2. The predicted molar refractivity (Wildman–Crippen MR) is 68.6 cm³/mol. The lowest BCUT2D eigenvalue weighted by Crippen LogP contribution is -2.13. The third kappa shape index (κ3) is 5.24. The van der Waals surface area contributed by atoms with Gasteiger partial charge in [-0.25, -0.2) is 15.2 Å². The van der Waals surface area contributed by atoms with Crippen LogP contribution in [0.15, 0.2) is 6.20 Å². The average molecular weight is 257 g/mol. The summed E-state index contributed by atoms with van der Waals surface area (Å²) in [5.41, 5.74) is 2.27. The third-order valence-electron chi connectivity index (χ3n) is 2.19. The van der Waals surface area contributed by atoms with Crippen LogP contribution in [0.5, 0.6) is 0 Å². The van der Waals surface area contributed by atoms with Gasteiger partial charge in [-0.2, -0.15) is 4.98 Å². The molecule has 1 heterocycles. The smallest absolute Gasteiger partial charge is 0.239 e. The van der Waals surface area contributed by atoms with Gasteiger partial charge < -0.3 is 10.1 Å². The van der Waals surface area contributed by atoms with Gasteiger partial charge in [0.15, 0.2) is 11.6 Å². The molecular formula is C11H20FN5O. The minimum Gasteiger partial charge on any atom is -0.379 e. The highest BCUT2D eigenvalue weighted by molar-refractivity contribution is 5.40. The Morgan fingerprint density at radius 2 is 2.22 bits per heavy atom. The number of nitrogen functional groups attached to an aromatic ring is 1. The van der Waals surface area contributed by atoms with Crippen LogP contribution < -0.4 is 16.6 Å². The van der Waals surface area contributed by atoms with Gasteiger partial charge in [0.1, 0.15) is 0 Å². The van der Waals surface area contributed by atoms with E-state index in [0.29, 0.717) is 13.2 Å². The molecule has 18 heavy (non-hydrogen) atoms. The number of ether oxygens (including phenoxy) is 1. The summed E-state index contributed by atoms with van der Waals surface area (Å²) in [6.07, 6.45) is 3.11. The zero-order valence-electron chi connectivity index (χ0n) is 10.7. The standard InChI is InChI=1S/C11H20FN5O/c1-8(2)18-6-4-3-5-14-10-9(12)7-15-11(16-10)17-13/h7-8H,3-6,13H2,1-2H3,(H2,14,15,16,17). The molecule has 0 saturated carbocycles. The fraction of sp³-hybridized carbons (Fsp3) is 0.636. The normalized spacial score (nSPS) is 10.7. The molecule has 102 valence electrons. The van der Waals surface area contributed by atoms with Crippen LogP contribution in [0, 0.1) is 5.82 Å². The number of nitrogens with one attached hydrogen (secondary N) is 2. The number of hydrazine groups is 1. The van der Waals surface area contributed by atoms with E-state index in [1.807, 2.05) is 13.8 Å². The van der Waals surface area contributed by atoms with Crippen molar-refractivity contribution < 1.29 is 9.13 Å². The molecule has 0 atom stereocenters. The zero-order valence-corrected chi connectivity index (χ0v) is 10.7. The van der Waals surface area contributed by atoms with Crippen LogP contribution in [0.1, 0.15) is 26.7 Å². The van der Waals surface area contributed by atoms with Crippen LogP contribution in [0.2, 0.25) is 0 Å². The number of halogens is 1. The summed E-state index contributed by atoms with van der Waals surface area (Å²) in [6.45, 7) is 5.33. The van der Waals surface area contributed by atoms with Crippen LogP contribution in [0.4, 0.5) is 16.2 Å². The van der Waals surface area contributed by atoms with Crippen molar-refractivity contribution in [1.82, 2.24) is 9.97 Å². The first-order valence-corrected chi connectivity index (χ1v) is 5.98. The molecular weight excluding hydrogens is 237 g/mol. The molecule has 0 unspecified atom stereocenters. The van der Waals surface area contributed by atoms with E-state index < -0.39 is 5.82 Å². The van der Waals surface area contributed by atoms with Crippen molar-refractivity contribution in [3.63, 3.8) is 0 Å². The number of unbranched alkanes of at least 4 members (excludes halogenated alkanes) is 1. The second kappa shape index (κ2) is 7.78. The molecule has 0 aliphatic rings. The lowest BCUT2D eigenvalue weighted by atomic mass is 10.3. The van der Waals surface area contributed by atoms with Gasteiger partial charge in [0.25, 0.3) is 0 Å². The maximum Gasteiger partial charge on any atom is 0.239 e. The maximum absolute atomic E-state index is 13.3. The fourth-order valence-electron chi connectivity index (χ4n) is 1.31. The Labute approximate surface area is 106 Å². The maximum atomic E-state index is 13.3. The molecule has 1 aromatic rings. The lowest BCUT2D eigenvalue weighted by molar-refractivity contribution is 0.0765. The summed E-state index contributed by atoms with van der Waals surface area (Å²) in [4.78, 5) is 7.52. The molecule has 0 saturated heterocycles. The van der Waals surface area contributed by atoms with E-state index in [9.17, 15) is 4.39 Å². The Morgan fingerprint density at radius 3 is 2.89 bits per heavy atom. The third-order valence-corrected chi connectivity index (χ3v) is 2.19. The summed E-state index contributed by atoms with van der Waals surface area (Å²) in [7, 11) is 0. The van der Waals surface area contributed by atoms with Gasteiger partial charge in [0, 0.05) is 13.2 Å². The number of rotatable bonds is 8. The summed E-state index contributed by atoms with van der Waals surface area (Å²) in [5.74, 6) is 4.99. The molecule has 7 heteroatoms. The van der Waals surface area contributed by atoms with Crippen LogP contribution >= 0.6 is 0 Å². The molecule has 1 rings (SSSR count). The zero-order chi connectivity index (χ0) is 13.4. The summed E-state index contributed by atoms with van der Waals surface area (Å²) in [6, 6.07) is 0. The molecule has 0 aliphatic carbocycles. The van der Waals surface area contributed by atoms with Crippen LogP contribution in [-0.4, -0.2) is 29.2 Å². The van der Waals surface area contributed by atoms with E-state index in [1.54, 1.807) is 0 Å². The topological polar surface area (TPSA) is 85.1 Å². The number of nitrogens with zero attached hydrogens (tertiary/aromatic N) is 2. The van der Waals surface area contributed by atoms with Gasteiger partial charge in [-0.05, 0) is 26.7 Å². The van der Waals surface area contributed by atoms with Crippen LogP contribution in [-0.2, 0) is 4.74 Å². The van der Waals surface area contributed by atoms with Gasteiger partial charge in [-0.1, -0.05) is 0 Å². The molecule has 6 nitrogen and oxygen atoms in total. The van der Waals surface area contributed by atoms with Gasteiger partial charge >= 0.3 is 0 Å². The van der Waals surface area contributed by atoms with Gasteiger partial charge in [-0.3, -0.25) is 5.43 Å². The van der Waals surface area contributed by atoms with Gasteiger partial charge in [0.2, 0.25) is 5.95 Å².